The maximum atomic E-state index is 13.0. The van der Waals surface area contributed by atoms with Crippen molar-refractivity contribution in [2.45, 2.75) is 83.3 Å². The van der Waals surface area contributed by atoms with Crippen molar-refractivity contribution in [2.75, 3.05) is 13.2 Å². The molecule has 2 aromatic carbocycles. The second-order valence-corrected chi connectivity index (χ2v) is 15.8. The van der Waals surface area contributed by atoms with Crippen molar-refractivity contribution in [3.8, 4) is 0 Å². The maximum Gasteiger partial charge on any atom is 0.261 e. The summed E-state index contributed by atoms with van der Waals surface area (Å²) in [4.78, 5) is 13.0. The Bertz CT molecular complexity index is 1080. The molecule has 3 unspecified atom stereocenters. The number of carbonyl (C=O) groups excluding carboxylic acids is 1. The van der Waals surface area contributed by atoms with Crippen molar-refractivity contribution < 1.29 is 23.4 Å². The summed E-state index contributed by atoms with van der Waals surface area (Å²) in [6.07, 6.45) is 8.65. The van der Waals surface area contributed by atoms with Gasteiger partial charge in [0, 0.05) is 19.1 Å². The average Bonchev–Trinajstić information content (AvgIpc) is 3.16. The molecule has 0 aliphatic carbocycles. The minimum absolute atomic E-state index is 0.0219. The Labute approximate surface area is 229 Å². The van der Waals surface area contributed by atoms with Crippen LogP contribution in [0, 0.1) is 0 Å². The van der Waals surface area contributed by atoms with Crippen molar-refractivity contribution in [1.29, 1.82) is 0 Å². The molecule has 1 saturated heterocycles. The second kappa shape index (κ2) is 12.1. The highest BCUT2D eigenvalue weighted by Gasteiger charge is 2.52. The Morgan fingerprint density at radius 1 is 1.05 bits per heavy atom. The van der Waals surface area contributed by atoms with Gasteiger partial charge in [-0.3, -0.25) is 4.79 Å². The third kappa shape index (κ3) is 6.37. The fourth-order valence-electron chi connectivity index (χ4n) is 5.58. The highest BCUT2D eigenvalue weighted by Crippen LogP contribution is 2.39. The number of rotatable bonds is 10. The van der Waals surface area contributed by atoms with Crippen LogP contribution in [0.3, 0.4) is 0 Å². The Hall–Kier alpha value is -2.51. The van der Waals surface area contributed by atoms with Crippen LogP contribution in [0.1, 0.15) is 60.3 Å². The smallest absolute Gasteiger partial charge is 0.261 e. The summed E-state index contributed by atoms with van der Waals surface area (Å²) >= 11 is 0. The largest absolute Gasteiger partial charge is 0.484 e. The fourth-order valence-corrected chi connectivity index (χ4v) is 10.2. The van der Waals surface area contributed by atoms with Gasteiger partial charge < -0.3 is 18.6 Å². The van der Waals surface area contributed by atoms with Crippen LogP contribution >= 0.6 is 0 Å². The van der Waals surface area contributed by atoms with E-state index in [1.807, 2.05) is 32.1 Å². The van der Waals surface area contributed by atoms with E-state index < -0.39 is 13.9 Å². The number of benzene rings is 2. The number of ether oxygens (including phenoxy) is 3. The quantitative estimate of drug-likeness (QED) is 0.290. The Morgan fingerprint density at radius 3 is 2.18 bits per heavy atom. The molecule has 5 nitrogen and oxygen atoms in total. The highest BCUT2D eigenvalue weighted by atomic mass is 28.4. The average molecular weight is 535 g/mol. The van der Waals surface area contributed by atoms with Crippen molar-refractivity contribution in [2.24, 2.45) is 0 Å². The number of ketones is 1. The predicted molar refractivity (Wildman–Crippen MR) is 154 cm³/mol. The lowest BCUT2D eigenvalue weighted by Crippen LogP contribution is -2.68. The Balaban J connectivity index is 1.70. The Kier molecular flexibility index (Phi) is 9.09. The first kappa shape index (κ1) is 28.5. The van der Waals surface area contributed by atoms with Crippen LogP contribution in [0.4, 0.5) is 0 Å². The summed E-state index contributed by atoms with van der Waals surface area (Å²) in [6.45, 7) is 11.6. The minimum Gasteiger partial charge on any atom is -0.484 e. The fraction of sp³-hybridized carbons (Fsp3) is 0.469. The van der Waals surface area contributed by atoms with E-state index in [9.17, 15) is 4.79 Å². The van der Waals surface area contributed by atoms with Crippen LogP contribution in [0.2, 0.25) is 5.04 Å². The summed E-state index contributed by atoms with van der Waals surface area (Å²) in [5.41, 5.74) is -0.974. The number of hydrogen-bond acceptors (Lipinski definition) is 5. The van der Waals surface area contributed by atoms with Crippen molar-refractivity contribution in [3.05, 3.63) is 84.7 Å². The van der Waals surface area contributed by atoms with Crippen LogP contribution in [-0.4, -0.2) is 45.3 Å². The number of carbonyl (C=O) groups is 1. The van der Waals surface area contributed by atoms with E-state index in [1.54, 1.807) is 6.08 Å². The normalized spacial score (nSPS) is 23.3. The van der Waals surface area contributed by atoms with E-state index in [0.29, 0.717) is 18.8 Å². The van der Waals surface area contributed by atoms with Gasteiger partial charge in [0.2, 0.25) is 5.78 Å². The van der Waals surface area contributed by atoms with E-state index in [0.717, 1.165) is 25.9 Å². The lowest BCUT2D eigenvalue weighted by Gasteiger charge is -2.45. The minimum atomic E-state index is -2.85. The standard InChI is InChI=1S/C32H42O5Si/c1-25-23-29(33)32(5,36-25)24-26(15-14-22-35-30-20-12-13-21-34-30)37-38(31(2,3)4,27-16-8-6-9-17-27)28-18-10-7-11-19-28/h6-11,14-19,23,26,30H,12-13,20-22,24H2,1-5H3/b15-14-. The molecule has 2 aliphatic heterocycles. The van der Waals surface area contributed by atoms with Crippen LogP contribution in [-0.2, 0) is 23.4 Å². The first-order valence-corrected chi connectivity index (χ1v) is 15.7. The maximum absolute atomic E-state index is 13.0. The summed E-state index contributed by atoms with van der Waals surface area (Å²) in [5.74, 6) is 0.620. The summed E-state index contributed by atoms with van der Waals surface area (Å²) < 4.78 is 25.1. The van der Waals surface area contributed by atoms with Gasteiger partial charge in [0.1, 0.15) is 0 Å². The SMILES string of the molecule is CC1=CC(=O)C(C)(CC(/C=C\COC2CCCCO2)O[Si](c2ccccc2)(c2ccccc2)C(C)(C)C)O1. The van der Waals surface area contributed by atoms with Gasteiger partial charge in [-0.05, 0) is 48.5 Å². The molecule has 3 atom stereocenters. The first-order valence-electron chi connectivity index (χ1n) is 13.7. The number of hydrogen-bond donors (Lipinski definition) is 0. The molecule has 0 bridgehead atoms. The van der Waals surface area contributed by atoms with Gasteiger partial charge in [0.05, 0.1) is 18.5 Å². The van der Waals surface area contributed by atoms with E-state index in [2.05, 4.69) is 75.4 Å². The molecule has 0 saturated carbocycles. The first-order chi connectivity index (χ1) is 18.1. The zero-order valence-corrected chi connectivity index (χ0v) is 24.4. The summed E-state index contributed by atoms with van der Waals surface area (Å²) in [6, 6.07) is 21.1. The molecule has 204 valence electrons. The molecule has 2 aromatic rings. The van der Waals surface area contributed by atoms with E-state index in [1.165, 1.54) is 10.4 Å². The van der Waals surface area contributed by atoms with Gasteiger partial charge in [-0.25, -0.2) is 0 Å². The predicted octanol–water partition coefficient (Wildman–Crippen LogP) is 5.68. The van der Waals surface area contributed by atoms with Crippen molar-refractivity contribution in [3.63, 3.8) is 0 Å². The molecule has 1 fully saturated rings. The van der Waals surface area contributed by atoms with Crippen molar-refractivity contribution >= 4 is 24.5 Å². The summed E-state index contributed by atoms with van der Waals surface area (Å²) in [7, 11) is -2.85. The molecular weight excluding hydrogens is 492 g/mol. The van der Waals surface area contributed by atoms with E-state index in [4.69, 9.17) is 18.6 Å². The molecular formula is C32H42O5Si. The van der Waals surface area contributed by atoms with Crippen molar-refractivity contribution in [1.82, 2.24) is 0 Å². The molecule has 0 aromatic heterocycles. The molecule has 2 heterocycles. The van der Waals surface area contributed by atoms with Crippen LogP contribution in [0.15, 0.2) is 84.7 Å². The topological polar surface area (TPSA) is 54.0 Å². The Morgan fingerprint density at radius 2 is 1.68 bits per heavy atom. The van der Waals surface area contributed by atoms with Gasteiger partial charge in [0.15, 0.2) is 11.9 Å². The third-order valence-electron chi connectivity index (χ3n) is 7.44. The zero-order chi connectivity index (χ0) is 27.2. The van der Waals surface area contributed by atoms with Gasteiger partial charge in [-0.15, -0.1) is 0 Å². The van der Waals surface area contributed by atoms with Gasteiger partial charge >= 0.3 is 0 Å². The molecule has 0 amide bonds. The molecule has 0 N–H and O–H groups in total. The molecule has 38 heavy (non-hydrogen) atoms. The highest BCUT2D eigenvalue weighted by molar-refractivity contribution is 6.99. The van der Waals surface area contributed by atoms with E-state index >= 15 is 0 Å². The lowest BCUT2D eigenvalue weighted by atomic mass is 9.94. The molecule has 4 rings (SSSR count). The summed E-state index contributed by atoms with van der Waals surface area (Å²) in [5, 5.41) is 2.20. The zero-order valence-electron chi connectivity index (χ0n) is 23.4. The third-order valence-corrected chi connectivity index (χ3v) is 12.5. The van der Waals surface area contributed by atoms with Gasteiger partial charge in [-0.2, -0.15) is 0 Å². The second-order valence-electron chi connectivity index (χ2n) is 11.5. The molecule has 0 spiro atoms. The van der Waals surface area contributed by atoms with E-state index in [-0.39, 0.29) is 23.2 Å². The monoisotopic (exact) mass is 534 g/mol. The molecule has 6 heteroatoms. The molecule has 2 aliphatic rings. The van der Waals surface area contributed by atoms with Gasteiger partial charge in [-0.1, -0.05) is 93.6 Å². The van der Waals surface area contributed by atoms with Crippen LogP contribution in [0.5, 0.6) is 0 Å². The van der Waals surface area contributed by atoms with Gasteiger partial charge in [0.25, 0.3) is 8.32 Å². The lowest BCUT2D eigenvalue weighted by molar-refractivity contribution is -0.155. The van der Waals surface area contributed by atoms with Crippen LogP contribution < -0.4 is 10.4 Å². The van der Waals surface area contributed by atoms with Crippen LogP contribution in [0.25, 0.3) is 0 Å². The number of allylic oxidation sites excluding steroid dienone is 1. The molecule has 0 radical (unpaired) electrons.